The van der Waals surface area contributed by atoms with Crippen molar-refractivity contribution in [2.75, 3.05) is 6.54 Å². The molecule has 0 atom stereocenters. The maximum absolute atomic E-state index is 5.70. The number of benzene rings is 1. The van der Waals surface area contributed by atoms with E-state index in [1.807, 2.05) is 24.3 Å². The van der Waals surface area contributed by atoms with Gasteiger partial charge in [-0.3, -0.25) is 4.99 Å². The third-order valence-electron chi connectivity index (χ3n) is 3.94. The lowest BCUT2D eigenvalue weighted by Crippen LogP contribution is -2.27. The van der Waals surface area contributed by atoms with Crippen molar-refractivity contribution in [3.63, 3.8) is 0 Å². The summed E-state index contributed by atoms with van der Waals surface area (Å²) in [5, 5.41) is 4.11. The van der Waals surface area contributed by atoms with Crippen molar-refractivity contribution in [1.82, 2.24) is 9.99 Å². The fourth-order valence-corrected chi connectivity index (χ4v) is 2.63. The number of guanidine groups is 1. The summed E-state index contributed by atoms with van der Waals surface area (Å²) in [6.45, 7) is 2.75. The molecule has 0 amide bonds. The monoisotopic (exact) mass is 335 g/mol. The smallest absolute Gasteiger partial charge is 0.286 e. The van der Waals surface area contributed by atoms with E-state index in [1.54, 1.807) is 6.21 Å². The number of imidazole rings is 1. The molecule has 0 saturated heterocycles. The summed E-state index contributed by atoms with van der Waals surface area (Å²) in [4.78, 5) is 4.12. The normalized spacial score (nSPS) is 12.2. The van der Waals surface area contributed by atoms with Crippen molar-refractivity contribution in [1.29, 1.82) is 0 Å². The molecule has 0 aliphatic rings. The van der Waals surface area contributed by atoms with Gasteiger partial charge in [0, 0.05) is 18.2 Å². The Labute approximate surface area is 147 Å². The third kappa shape index (κ3) is 3.85. The molecule has 3 aromatic rings. The molecular formula is C19H23N6+. The molecule has 2 heterocycles. The summed E-state index contributed by atoms with van der Waals surface area (Å²) in [6.07, 6.45) is 6.87. The first-order valence-electron chi connectivity index (χ1n) is 8.34. The van der Waals surface area contributed by atoms with Gasteiger partial charge in [0.15, 0.2) is 5.69 Å². The molecule has 0 spiro atoms. The van der Waals surface area contributed by atoms with Crippen LogP contribution in [0.15, 0.2) is 65.0 Å². The molecule has 0 bridgehead atoms. The average Bonchev–Trinajstić information content (AvgIpc) is 2.98. The van der Waals surface area contributed by atoms with Crippen molar-refractivity contribution in [2.24, 2.45) is 22.9 Å². The van der Waals surface area contributed by atoms with Gasteiger partial charge in [-0.15, -0.1) is 0 Å². The predicted molar refractivity (Wildman–Crippen MR) is 102 cm³/mol. The molecular weight excluding hydrogens is 312 g/mol. The first-order chi connectivity index (χ1) is 12.2. The second kappa shape index (κ2) is 7.61. The quantitative estimate of drug-likeness (QED) is 0.324. The van der Waals surface area contributed by atoms with Crippen molar-refractivity contribution < 1.29 is 4.40 Å². The minimum Gasteiger partial charge on any atom is -0.369 e. The Kier molecular flexibility index (Phi) is 5.09. The largest absolute Gasteiger partial charge is 0.369 e. The number of hydrogen-bond acceptors (Lipinski definition) is 2. The minimum absolute atomic E-state index is 0.335. The molecule has 0 fully saturated rings. The number of rotatable bonds is 5. The first-order valence-corrected chi connectivity index (χ1v) is 8.34. The van der Waals surface area contributed by atoms with Crippen LogP contribution >= 0.6 is 0 Å². The number of aromatic nitrogens is 2. The van der Waals surface area contributed by atoms with E-state index in [0.29, 0.717) is 12.5 Å². The van der Waals surface area contributed by atoms with E-state index in [-0.39, 0.29) is 0 Å². The van der Waals surface area contributed by atoms with E-state index < -0.39 is 0 Å². The fraction of sp³-hybridized carbons (Fsp3) is 0.211. The number of aryl methyl sites for hydroxylation is 1. The van der Waals surface area contributed by atoms with Crippen LogP contribution in [0.1, 0.15) is 18.9 Å². The number of nitrogens with two attached hydrogens (primary N) is 1. The maximum Gasteiger partial charge on any atom is 0.286 e. The van der Waals surface area contributed by atoms with Gasteiger partial charge in [-0.05, 0) is 30.2 Å². The Morgan fingerprint density at radius 2 is 2.04 bits per heavy atom. The van der Waals surface area contributed by atoms with Gasteiger partial charge in [0.2, 0.25) is 5.96 Å². The number of aliphatic imine (C=N–C) groups is 1. The van der Waals surface area contributed by atoms with Crippen molar-refractivity contribution in [3.05, 3.63) is 60.4 Å². The molecule has 1 aromatic carbocycles. The van der Waals surface area contributed by atoms with E-state index in [1.165, 1.54) is 0 Å². The second-order valence-electron chi connectivity index (χ2n) is 5.80. The zero-order chi connectivity index (χ0) is 17.6. The zero-order valence-corrected chi connectivity index (χ0v) is 14.6. The van der Waals surface area contributed by atoms with Crippen molar-refractivity contribution >= 4 is 17.8 Å². The summed E-state index contributed by atoms with van der Waals surface area (Å²) in [7, 11) is 2.07. The summed E-state index contributed by atoms with van der Waals surface area (Å²) in [5.41, 5.74) is 12.9. The van der Waals surface area contributed by atoms with E-state index in [2.05, 4.69) is 69.1 Å². The number of nitrogens with one attached hydrogen (secondary N) is 1. The van der Waals surface area contributed by atoms with Crippen LogP contribution in [0.4, 0.5) is 0 Å². The fourth-order valence-electron chi connectivity index (χ4n) is 2.63. The van der Waals surface area contributed by atoms with Gasteiger partial charge in [0.25, 0.3) is 5.65 Å². The SMILES string of the molecule is CCCN=C(N)N/N=C/c1ccc(-c2c[n+]3ccccc3n2C)cc1. The Bertz CT molecular complexity index is 905. The Balaban J connectivity index is 1.74. The van der Waals surface area contributed by atoms with E-state index in [9.17, 15) is 0 Å². The maximum atomic E-state index is 5.70. The van der Waals surface area contributed by atoms with Gasteiger partial charge >= 0.3 is 0 Å². The number of hydrogen-bond donors (Lipinski definition) is 2. The lowest BCUT2D eigenvalue weighted by molar-refractivity contribution is -0.510. The van der Waals surface area contributed by atoms with E-state index in [4.69, 9.17) is 5.73 Å². The lowest BCUT2D eigenvalue weighted by Gasteiger charge is -2.00. The Hall–Kier alpha value is -3.15. The molecule has 25 heavy (non-hydrogen) atoms. The number of hydrazone groups is 1. The number of nitrogens with zero attached hydrogens (tertiary/aromatic N) is 4. The predicted octanol–water partition coefficient (Wildman–Crippen LogP) is 2.08. The van der Waals surface area contributed by atoms with Gasteiger partial charge in [-0.25, -0.2) is 14.4 Å². The van der Waals surface area contributed by atoms with Crippen LogP contribution < -0.4 is 15.6 Å². The standard InChI is InChI=1S/C19H23N6/c1-3-11-21-19(20)23-22-13-15-7-9-16(10-8-15)17-14-25-12-5-4-6-18(25)24(17)2/h4-10,12-14H,3,11H2,1-2H3,(H3,20,21,23)/q+1/b22-13+. The van der Waals surface area contributed by atoms with Crippen LogP contribution in [0.2, 0.25) is 0 Å². The van der Waals surface area contributed by atoms with Gasteiger partial charge in [-0.2, -0.15) is 5.10 Å². The molecule has 0 radical (unpaired) electrons. The van der Waals surface area contributed by atoms with Crippen LogP contribution in [-0.4, -0.2) is 23.3 Å². The van der Waals surface area contributed by atoms with Crippen LogP contribution in [0.5, 0.6) is 0 Å². The molecule has 2 aromatic heterocycles. The van der Waals surface area contributed by atoms with Gasteiger partial charge in [-0.1, -0.05) is 25.1 Å². The lowest BCUT2D eigenvalue weighted by atomic mass is 10.1. The molecule has 3 N–H and O–H groups in total. The molecule has 6 nitrogen and oxygen atoms in total. The summed E-state index contributed by atoms with van der Waals surface area (Å²) in [5.74, 6) is 0.335. The highest BCUT2D eigenvalue weighted by molar-refractivity contribution is 5.83. The average molecular weight is 335 g/mol. The molecule has 128 valence electrons. The highest BCUT2D eigenvalue weighted by Crippen LogP contribution is 2.19. The number of fused-ring (bicyclic) bond motifs is 1. The molecule has 0 aliphatic heterocycles. The van der Waals surface area contributed by atoms with Crippen molar-refractivity contribution in [3.8, 4) is 11.3 Å². The summed E-state index contributed by atoms with van der Waals surface area (Å²) in [6, 6.07) is 14.4. The topological polar surface area (TPSA) is 71.8 Å². The van der Waals surface area contributed by atoms with Crippen LogP contribution in [0.3, 0.4) is 0 Å². The second-order valence-corrected chi connectivity index (χ2v) is 5.80. The first kappa shape index (κ1) is 16.7. The molecule has 6 heteroatoms. The summed E-state index contributed by atoms with van der Waals surface area (Å²) >= 11 is 0. The molecule has 0 unspecified atom stereocenters. The zero-order valence-electron chi connectivity index (χ0n) is 14.6. The highest BCUT2D eigenvalue weighted by atomic mass is 15.3. The Morgan fingerprint density at radius 1 is 1.24 bits per heavy atom. The van der Waals surface area contributed by atoms with E-state index >= 15 is 0 Å². The molecule has 3 rings (SSSR count). The van der Waals surface area contributed by atoms with Crippen LogP contribution in [0.25, 0.3) is 16.9 Å². The van der Waals surface area contributed by atoms with E-state index in [0.717, 1.165) is 28.9 Å². The third-order valence-corrected chi connectivity index (χ3v) is 3.94. The van der Waals surface area contributed by atoms with Gasteiger partial charge < -0.3 is 5.73 Å². The highest BCUT2D eigenvalue weighted by Gasteiger charge is 2.14. The minimum atomic E-state index is 0.335. The van der Waals surface area contributed by atoms with Crippen molar-refractivity contribution in [2.45, 2.75) is 13.3 Å². The van der Waals surface area contributed by atoms with Gasteiger partial charge in [0.05, 0.1) is 19.5 Å². The van der Waals surface area contributed by atoms with Crippen LogP contribution in [-0.2, 0) is 7.05 Å². The molecule has 0 saturated carbocycles. The molecule has 0 aliphatic carbocycles. The summed E-state index contributed by atoms with van der Waals surface area (Å²) < 4.78 is 4.29. The van der Waals surface area contributed by atoms with Crippen LogP contribution in [0, 0.1) is 0 Å². The van der Waals surface area contributed by atoms with Gasteiger partial charge in [0.1, 0.15) is 6.20 Å². The number of pyridine rings is 1. The Morgan fingerprint density at radius 3 is 2.76 bits per heavy atom.